The van der Waals surface area contributed by atoms with E-state index < -0.39 is 0 Å². The van der Waals surface area contributed by atoms with Gasteiger partial charge in [0.05, 0.1) is 11.6 Å². The number of hydrogen-bond acceptors (Lipinski definition) is 5. The van der Waals surface area contributed by atoms with Crippen LogP contribution in [0.1, 0.15) is 11.1 Å². The highest BCUT2D eigenvalue weighted by Crippen LogP contribution is 2.20. The molecule has 0 aliphatic rings. The van der Waals surface area contributed by atoms with E-state index in [0.717, 1.165) is 29.3 Å². The number of nitrogens with zero attached hydrogens (tertiary/aromatic N) is 1. The molecule has 0 atom stereocenters. The molecular weight excluding hydrogens is 354 g/mol. The Hall–Kier alpha value is -3.56. The number of ether oxygens (including phenoxy) is 1. The number of rotatable bonds is 7. The maximum Gasteiger partial charge on any atom is 0.336 e. The van der Waals surface area contributed by atoms with Crippen molar-refractivity contribution in [2.75, 3.05) is 19.7 Å². The lowest BCUT2D eigenvalue weighted by atomic mass is 10.1. The highest BCUT2D eigenvalue weighted by Gasteiger charge is 2.05. The number of fused-ring (bicyclic) bond motifs is 2. The number of hydrogen-bond donors (Lipinski definition) is 2. The quantitative estimate of drug-likeness (QED) is 0.383. The van der Waals surface area contributed by atoms with Crippen LogP contribution in [0.15, 0.2) is 63.9 Å². The second kappa shape index (κ2) is 7.99. The molecule has 140 valence electrons. The summed E-state index contributed by atoms with van der Waals surface area (Å²) in [6.07, 6.45) is 2.85. The predicted octanol–water partition coefficient (Wildman–Crippen LogP) is 3.36. The molecule has 6 heteroatoms. The van der Waals surface area contributed by atoms with Crippen LogP contribution in [0.25, 0.3) is 21.9 Å². The fourth-order valence-corrected chi connectivity index (χ4v) is 3.17. The third-order valence-corrected chi connectivity index (χ3v) is 4.61. The molecule has 0 unspecified atom stereocenters. The van der Waals surface area contributed by atoms with Crippen LogP contribution >= 0.6 is 0 Å². The van der Waals surface area contributed by atoms with Gasteiger partial charge in [-0.3, -0.25) is 0 Å². The largest absolute Gasteiger partial charge is 0.492 e. The fourth-order valence-electron chi connectivity index (χ4n) is 3.17. The van der Waals surface area contributed by atoms with Crippen molar-refractivity contribution in [3.8, 4) is 11.8 Å². The molecule has 0 amide bonds. The lowest BCUT2D eigenvalue weighted by molar-refractivity contribution is 0.314. The average molecular weight is 373 g/mol. The molecule has 4 aromatic rings. The summed E-state index contributed by atoms with van der Waals surface area (Å²) in [6, 6.07) is 16.4. The van der Waals surface area contributed by atoms with E-state index in [1.165, 1.54) is 11.6 Å². The maximum atomic E-state index is 11.3. The Labute approximate surface area is 161 Å². The van der Waals surface area contributed by atoms with Gasteiger partial charge < -0.3 is 19.5 Å². The number of aromatic amines is 1. The Kier molecular flexibility index (Phi) is 5.09. The molecule has 2 aromatic carbocycles. The van der Waals surface area contributed by atoms with E-state index in [2.05, 4.69) is 16.4 Å². The Balaban J connectivity index is 1.26. The van der Waals surface area contributed by atoms with Gasteiger partial charge in [-0.1, -0.05) is 0 Å². The molecule has 2 heterocycles. The highest BCUT2D eigenvalue weighted by molar-refractivity contribution is 5.84. The van der Waals surface area contributed by atoms with Crippen LogP contribution in [0.4, 0.5) is 0 Å². The lowest BCUT2D eigenvalue weighted by Crippen LogP contribution is -2.23. The van der Waals surface area contributed by atoms with Crippen molar-refractivity contribution < 1.29 is 9.15 Å². The van der Waals surface area contributed by atoms with Gasteiger partial charge in [0, 0.05) is 41.2 Å². The van der Waals surface area contributed by atoms with Crippen molar-refractivity contribution in [3.05, 3.63) is 76.3 Å². The van der Waals surface area contributed by atoms with Gasteiger partial charge in [0.15, 0.2) is 0 Å². The molecule has 6 nitrogen and oxygen atoms in total. The predicted molar refractivity (Wildman–Crippen MR) is 108 cm³/mol. The van der Waals surface area contributed by atoms with E-state index in [1.54, 1.807) is 12.1 Å². The van der Waals surface area contributed by atoms with E-state index in [1.807, 2.05) is 36.5 Å². The van der Waals surface area contributed by atoms with Crippen LogP contribution < -0.4 is 15.7 Å². The number of H-pyrrole nitrogens is 1. The minimum Gasteiger partial charge on any atom is -0.492 e. The second-order valence-corrected chi connectivity index (χ2v) is 6.49. The van der Waals surface area contributed by atoms with E-state index in [0.29, 0.717) is 30.0 Å². The zero-order valence-corrected chi connectivity index (χ0v) is 15.2. The monoisotopic (exact) mass is 373 g/mol. The van der Waals surface area contributed by atoms with Crippen molar-refractivity contribution in [2.45, 2.75) is 6.42 Å². The summed E-state index contributed by atoms with van der Waals surface area (Å²) in [5.41, 5.74) is 3.05. The number of nitrogens with one attached hydrogen (secondary N) is 2. The van der Waals surface area contributed by atoms with Gasteiger partial charge in [-0.15, -0.1) is 0 Å². The second-order valence-electron chi connectivity index (χ2n) is 6.49. The van der Waals surface area contributed by atoms with Crippen molar-refractivity contribution in [1.82, 2.24) is 10.3 Å². The molecule has 0 saturated heterocycles. The Bertz CT molecular complexity index is 1220. The Morgan fingerprint density at radius 1 is 1.11 bits per heavy atom. The first-order valence-corrected chi connectivity index (χ1v) is 9.10. The Morgan fingerprint density at radius 2 is 2.00 bits per heavy atom. The van der Waals surface area contributed by atoms with Gasteiger partial charge in [0.25, 0.3) is 0 Å². The minimum atomic E-state index is -0.370. The van der Waals surface area contributed by atoms with Crippen molar-refractivity contribution in [3.63, 3.8) is 0 Å². The summed E-state index contributed by atoms with van der Waals surface area (Å²) in [5, 5.41) is 14.4. The topological polar surface area (TPSA) is 91.0 Å². The summed E-state index contributed by atoms with van der Waals surface area (Å²) in [6.45, 7) is 2.01. The number of aromatic nitrogens is 1. The minimum absolute atomic E-state index is 0.370. The van der Waals surface area contributed by atoms with Crippen LogP contribution in [0.5, 0.6) is 5.75 Å². The molecule has 2 aromatic heterocycles. The van der Waals surface area contributed by atoms with E-state index in [-0.39, 0.29) is 5.63 Å². The van der Waals surface area contributed by atoms with Crippen LogP contribution in [0, 0.1) is 11.3 Å². The molecular formula is C22H19N3O3. The molecule has 2 N–H and O–H groups in total. The van der Waals surface area contributed by atoms with Gasteiger partial charge in [-0.05, 0) is 54.9 Å². The van der Waals surface area contributed by atoms with Gasteiger partial charge >= 0.3 is 5.63 Å². The van der Waals surface area contributed by atoms with Gasteiger partial charge in [-0.25, -0.2) is 4.79 Å². The summed E-state index contributed by atoms with van der Waals surface area (Å²) in [7, 11) is 0. The first-order valence-electron chi connectivity index (χ1n) is 9.10. The molecule has 0 saturated carbocycles. The average Bonchev–Trinajstić information content (AvgIpc) is 3.12. The van der Waals surface area contributed by atoms with Gasteiger partial charge in [-0.2, -0.15) is 5.26 Å². The van der Waals surface area contributed by atoms with Crippen LogP contribution in [-0.4, -0.2) is 24.7 Å². The van der Waals surface area contributed by atoms with E-state index >= 15 is 0 Å². The molecule has 28 heavy (non-hydrogen) atoms. The lowest BCUT2D eigenvalue weighted by Gasteiger charge is -2.08. The molecule has 0 bridgehead atoms. The molecule has 0 radical (unpaired) electrons. The smallest absolute Gasteiger partial charge is 0.336 e. The molecule has 0 aliphatic heterocycles. The first kappa shape index (κ1) is 17.8. The SMILES string of the molecule is N#Cc1ccc2[nH]cc(CCNCCOc3ccc4ccc(=O)oc4c3)c2c1. The standard InChI is InChI=1S/C22H19N3O3/c23-13-15-1-5-20-19(11-15)17(14-25-20)7-8-24-9-10-27-18-4-2-16-3-6-22(26)28-21(16)12-18/h1-6,11-12,14,24-25H,7-10H2. The Morgan fingerprint density at radius 3 is 2.89 bits per heavy atom. The summed E-state index contributed by atoms with van der Waals surface area (Å²) >= 11 is 0. The number of nitriles is 1. The molecule has 0 spiro atoms. The van der Waals surface area contributed by atoms with Gasteiger partial charge in [0.1, 0.15) is 17.9 Å². The molecule has 0 fully saturated rings. The fraction of sp³-hybridized carbons (Fsp3) is 0.182. The molecule has 0 aliphatic carbocycles. The van der Waals surface area contributed by atoms with Crippen molar-refractivity contribution in [2.24, 2.45) is 0 Å². The summed E-state index contributed by atoms with van der Waals surface area (Å²) in [4.78, 5) is 14.5. The zero-order valence-electron chi connectivity index (χ0n) is 15.2. The van der Waals surface area contributed by atoms with Gasteiger partial charge in [0.2, 0.25) is 0 Å². The number of benzene rings is 2. The van der Waals surface area contributed by atoms with E-state index in [4.69, 9.17) is 14.4 Å². The highest BCUT2D eigenvalue weighted by atomic mass is 16.5. The third kappa shape index (κ3) is 3.90. The van der Waals surface area contributed by atoms with Crippen molar-refractivity contribution >= 4 is 21.9 Å². The summed E-state index contributed by atoms with van der Waals surface area (Å²) in [5.74, 6) is 0.671. The third-order valence-electron chi connectivity index (χ3n) is 4.61. The van der Waals surface area contributed by atoms with Crippen LogP contribution in [0.3, 0.4) is 0 Å². The first-order chi connectivity index (χ1) is 13.7. The molecule has 4 rings (SSSR count). The normalized spacial score (nSPS) is 11.0. The maximum absolute atomic E-state index is 11.3. The summed E-state index contributed by atoms with van der Waals surface area (Å²) < 4.78 is 10.9. The van der Waals surface area contributed by atoms with Crippen molar-refractivity contribution in [1.29, 1.82) is 5.26 Å². The van der Waals surface area contributed by atoms with Crippen LogP contribution in [0.2, 0.25) is 0 Å². The zero-order chi connectivity index (χ0) is 19.3. The van der Waals surface area contributed by atoms with Crippen LogP contribution in [-0.2, 0) is 6.42 Å². The van der Waals surface area contributed by atoms with E-state index in [9.17, 15) is 4.79 Å².